The standard InChI is InChI=1S/C18H14O2.CH2O/c19-17-10-3-1-8-15(17)13-6-5-7-14(12-13)16-9-2-4-11-18(16)20;1-2/h1-12,19-20H;1H2. The number of para-hydroxylation sites is 2. The summed E-state index contributed by atoms with van der Waals surface area (Å²) < 4.78 is 0. The van der Waals surface area contributed by atoms with Crippen LogP contribution in [0.4, 0.5) is 0 Å². The minimum Gasteiger partial charge on any atom is -0.507 e. The van der Waals surface area contributed by atoms with E-state index in [1.165, 1.54) is 0 Å². The van der Waals surface area contributed by atoms with Crippen LogP contribution in [-0.4, -0.2) is 17.0 Å². The summed E-state index contributed by atoms with van der Waals surface area (Å²) in [5, 5.41) is 19.9. The number of carbonyl (C=O) groups is 1. The van der Waals surface area contributed by atoms with Gasteiger partial charge in [0.05, 0.1) is 0 Å². The molecule has 3 aromatic rings. The van der Waals surface area contributed by atoms with Crippen molar-refractivity contribution in [2.45, 2.75) is 0 Å². The lowest BCUT2D eigenvalue weighted by Crippen LogP contribution is -1.82. The fraction of sp³-hybridized carbons (Fsp3) is 0. The fourth-order valence-electron chi connectivity index (χ4n) is 2.29. The highest BCUT2D eigenvalue weighted by atomic mass is 16.3. The van der Waals surface area contributed by atoms with E-state index in [-0.39, 0.29) is 11.5 Å². The Morgan fingerprint density at radius 3 is 1.41 bits per heavy atom. The van der Waals surface area contributed by atoms with Gasteiger partial charge >= 0.3 is 0 Å². The van der Waals surface area contributed by atoms with Crippen molar-refractivity contribution in [2.75, 3.05) is 0 Å². The average molecular weight is 292 g/mol. The van der Waals surface area contributed by atoms with Crippen molar-refractivity contribution in [1.29, 1.82) is 0 Å². The molecule has 0 bridgehead atoms. The van der Waals surface area contributed by atoms with E-state index in [1.807, 2.05) is 55.3 Å². The minimum absolute atomic E-state index is 0.252. The SMILES string of the molecule is C=O.Oc1ccccc1-c1cccc(-c2ccccc2O)c1. The van der Waals surface area contributed by atoms with Crippen molar-refractivity contribution in [3.05, 3.63) is 72.8 Å². The molecule has 22 heavy (non-hydrogen) atoms. The molecule has 3 rings (SSSR count). The third-order valence-corrected chi connectivity index (χ3v) is 3.29. The summed E-state index contributed by atoms with van der Waals surface area (Å²) in [6.45, 7) is 2.00. The third-order valence-electron chi connectivity index (χ3n) is 3.29. The molecular formula is C19H16O3. The molecule has 3 nitrogen and oxygen atoms in total. The zero-order valence-electron chi connectivity index (χ0n) is 11.9. The summed E-state index contributed by atoms with van der Waals surface area (Å²) in [4.78, 5) is 8.00. The lowest BCUT2D eigenvalue weighted by atomic mass is 9.98. The zero-order valence-corrected chi connectivity index (χ0v) is 11.9. The predicted octanol–water partition coefficient (Wildman–Crippen LogP) is 4.25. The number of hydrogen-bond donors (Lipinski definition) is 2. The van der Waals surface area contributed by atoms with Crippen LogP contribution in [0, 0.1) is 0 Å². The highest BCUT2D eigenvalue weighted by Crippen LogP contribution is 2.34. The number of carbonyl (C=O) groups excluding carboxylic acids is 1. The maximum Gasteiger partial charge on any atom is 0.123 e. The summed E-state index contributed by atoms with van der Waals surface area (Å²) in [6, 6.07) is 22.2. The molecule has 0 saturated carbocycles. The van der Waals surface area contributed by atoms with Gasteiger partial charge in [0.15, 0.2) is 0 Å². The molecule has 0 unspecified atom stereocenters. The van der Waals surface area contributed by atoms with Crippen molar-refractivity contribution in [1.82, 2.24) is 0 Å². The van der Waals surface area contributed by atoms with Crippen molar-refractivity contribution in [2.24, 2.45) is 0 Å². The molecule has 2 N–H and O–H groups in total. The largest absolute Gasteiger partial charge is 0.507 e. The van der Waals surface area contributed by atoms with Gasteiger partial charge in [-0.2, -0.15) is 0 Å². The van der Waals surface area contributed by atoms with E-state index in [1.54, 1.807) is 24.3 Å². The van der Waals surface area contributed by atoms with E-state index in [0.717, 1.165) is 22.3 Å². The van der Waals surface area contributed by atoms with E-state index < -0.39 is 0 Å². The van der Waals surface area contributed by atoms with Gasteiger partial charge in [0.1, 0.15) is 18.3 Å². The van der Waals surface area contributed by atoms with Gasteiger partial charge in [0, 0.05) is 11.1 Å². The lowest BCUT2D eigenvalue weighted by Gasteiger charge is -2.08. The summed E-state index contributed by atoms with van der Waals surface area (Å²) in [6.07, 6.45) is 0. The second kappa shape index (κ2) is 7.09. The van der Waals surface area contributed by atoms with Crippen molar-refractivity contribution < 1.29 is 15.0 Å². The second-order valence-corrected chi connectivity index (χ2v) is 4.62. The highest BCUT2D eigenvalue weighted by molar-refractivity contribution is 5.78. The quantitative estimate of drug-likeness (QED) is 0.742. The number of phenolic OH excluding ortho intramolecular Hbond substituents is 2. The minimum atomic E-state index is 0.252. The van der Waals surface area contributed by atoms with Gasteiger partial charge < -0.3 is 15.0 Å². The van der Waals surface area contributed by atoms with E-state index in [9.17, 15) is 10.2 Å². The Balaban J connectivity index is 0.000000847. The molecular weight excluding hydrogens is 276 g/mol. The molecule has 3 aromatic carbocycles. The first-order valence-electron chi connectivity index (χ1n) is 6.71. The van der Waals surface area contributed by atoms with Gasteiger partial charge in [0.2, 0.25) is 0 Å². The number of phenols is 2. The molecule has 0 spiro atoms. The molecule has 0 amide bonds. The molecule has 3 heteroatoms. The normalized spacial score (nSPS) is 9.64. The van der Waals surface area contributed by atoms with Gasteiger partial charge in [-0.25, -0.2) is 0 Å². The van der Waals surface area contributed by atoms with E-state index in [4.69, 9.17) is 4.79 Å². The predicted molar refractivity (Wildman–Crippen MR) is 87.8 cm³/mol. The summed E-state index contributed by atoms with van der Waals surface area (Å²) >= 11 is 0. The number of rotatable bonds is 2. The van der Waals surface area contributed by atoms with Crippen LogP contribution < -0.4 is 0 Å². The molecule has 0 aliphatic rings. The van der Waals surface area contributed by atoms with Crippen molar-refractivity contribution in [3.8, 4) is 33.8 Å². The molecule has 110 valence electrons. The lowest BCUT2D eigenvalue weighted by molar-refractivity contribution is -0.0979. The molecule has 0 saturated heterocycles. The Bertz CT molecular complexity index is 705. The van der Waals surface area contributed by atoms with Crippen LogP contribution in [0.15, 0.2) is 72.8 Å². The van der Waals surface area contributed by atoms with Crippen LogP contribution in [0.25, 0.3) is 22.3 Å². The van der Waals surface area contributed by atoms with Gasteiger partial charge in [-0.1, -0.05) is 54.6 Å². The van der Waals surface area contributed by atoms with Gasteiger partial charge in [-0.3, -0.25) is 0 Å². The van der Waals surface area contributed by atoms with Gasteiger partial charge in [-0.05, 0) is 29.3 Å². The van der Waals surface area contributed by atoms with Crippen LogP contribution in [0.2, 0.25) is 0 Å². The maximum atomic E-state index is 9.93. The van der Waals surface area contributed by atoms with Crippen LogP contribution in [0.3, 0.4) is 0 Å². The van der Waals surface area contributed by atoms with Gasteiger partial charge in [-0.15, -0.1) is 0 Å². The number of hydrogen-bond acceptors (Lipinski definition) is 3. The summed E-state index contributed by atoms with van der Waals surface area (Å²) in [7, 11) is 0. The third kappa shape index (κ3) is 3.15. The van der Waals surface area contributed by atoms with Crippen molar-refractivity contribution in [3.63, 3.8) is 0 Å². The van der Waals surface area contributed by atoms with E-state index >= 15 is 0 Å². The molecule has 0 aliphatic carbocycles. The van der Waals surface area contributed by atoms with Crippen LogP contribution in [0.5, 0.6) is 11.5 Å². The Morgan fingerprint density at radius 1 is 0.591 bits per heavy atom. The topological polar surface area (TPSA) is 57.5 Å². The first-order chi connectivity index (χ1) is 10.8. The number of benzene rings is 3. The molecule has 0 heterocycles. The van der Waals surface area contributed by atoms with E-state index in [0.29, 0.717) is 0 Å². The second-order valence-electron chi connectivity index (χ2n) is 4.62. The summed E-state index contributed by atoms with van der Waals surface area (Å²) in [5.41, 5.74) is 3.40. The molecule has 0 fully saturated rings. The van der Waals surface area contributed by atoms with Gasteiger partial charge in [0.25, 0.3) is 0 Å². The molecule has 0 radical (unpaired) electrons. The zero-order chi connectivity index (χ0) is 15.9. The van der Waals surface area contributed by atoms with E-state index in [2.05, 4.69) is 0 Å². The molecule has 0 aromatic heterocycles. The Labute approximate surface area is 129 Å². The van der Waals surface area contributed by atoms with Crippen molar-refractivity contribution >= 4 is 6.79 Å². The highest BCUT2D eigenvalue weighted by Gasteiger charge is 2.07. The maximum absolute atomic E-state index is 9.93. The summed E-state index contributed by atoms with van der Waals surface area (Å²) in [5.74, 6) is 0.504. The Hall–Kier alpha value is -3.07. The van der Waals surface area contributed by atoms with Crippen LogP contribution in [-0.2, 0) is 4.79 Å². The van der Waals surface area contributed by atoms with Crippen LogP contribution in [0.1, 0.15) is 0 Å². The first kappa shape index (κ1) is 15.3. The molecule has 0 atom stereocenters. The molecule has 0 aliphatic heterocycles. The Morgan fingerprint density at radius 2 is 1.00 bits per heavy atom. The fourth-order valence-corrected chi connectivity index (χ4v) is 2.29. The Kier molecular flexibility index (Phi) is 4.94. The number of aromatic hydroxyl groups is 2. The smallest absolute Gasteiger partial charge is 0.123 e. The monoisotopic (exact) mass is 292 g/mol. The van der Waals surface area contributed by atoms with Crippen LogP contribution >= 0.6 is 0 Å². The average Bonchev–Trinajstić information content (AvgIpc) is 2.58. The first-order valence-corrected chi connectivity index (χ1v) is 6.71.